The van der Waals surface area contributed by atoms with Crippen molar-refractivity contribution < 1.29 is 4.79 Å². The molecule has 1 unspecified atom stereocenters. The Morgan fingerprint density at radius 2 is 2.22 bits per heavy atom. The molecule has 2 rings (SSSR count). The van der Waals surface area contributed by atoms with Gasteiger partial charge in [-0.15, -0.1) is 0 Å². The van der Waals surface area contributed by atoms with Crippen LogP contribution in [0.1, 0.15) is 13.3 Å². The topological polar surface area (TPSA) is 57.3 Å². The number of carbonyl (C=O) groups excluding carboxylic acids is 1. The van der Waals surface area contributed by atoms with Crippen molar-refractivity contribution in [1.82, 2.24) is 10.3 Å². The van der Waals surface area contributed by atoms with Crippen LogP contribution < -0.4 is 15.5 Å². The number of anilines is 2. The molecule has 0 aliphatic carbocycles. The van der Waals surface area contributed by atoms with Gasteiger partial charge in [0.2, 0.25) is 5.91 Å². The summed E-state index contributed by atoms with van der Waals surface area (Å²) in [5.74, 6) is 0.114. The Balaban J connectivity index is 2.15. The fourth-order valence-electron chi connectivity index (χ4n) is 2.41. The third-order valence-corrected chi connectivity index (χ3v) is 3.63. The van der Waals surface area contributed by atoms with Gasteiger partial charge in [-0.1, -0.05) is 0 Å². The zero-order chi connectivity index (χ0) is 13.2. The van der Waals surface area contributed by atoms with Crippen LogP contribution in [-0.4, -0.2) is 38.1 Å². The van der Waals surface area contributed by atoms with Crippen molar-refractivity contribution in [3.63, 3.8) is 0 Å². The third kappa shape index (κ3) is 2.25. The minimum atomic E-state index is -0.301. The van der Waals surface area contributed by atoms with Gasteiger partial charge in [0.05, 0.1) is 29.2 Å². The molecule has 5 heteroatoms. The Morgan fingerprint density at radius 1 is 1.44 bits per heavy atom. The van der Waals surface area contributed by atoms with E-state index >= 15 is 0 Å². The van der Waals surface area contributed by atoms with E-state index in [1.807, 2.05) is 20.2 Å². The average molecular weight is 248 g/mol. The summed E-state index contributed by atoms with van der Waals surface area (Å²) in [6, 6.07) is 2.06. The van der Waals surface area contributed by atoms with E-state index in [4.69, 9.17) is 0 Å². The summed E-state index contributed by atoms with van der Waals surface area (Å²) in [7, 11) is 3.57. The van der Waals surface area contributed by atoms with Gasteiger partial charge < -0.3 is 15.5 Å². The maximum absolute atomic E-state index is 11.9. The van der Waals surface area contributed by atoms with Crippen molar-refractivity contribution in [2.75, 3.05) is 37.4 Å². The first-order valence-corrected chi connectivity index (χ1v) is 6.19. The highest BCUT2D eigenvalue weighted by molar-refractivity contribution is 5.83. The number of hydrogen-bond acceptors (Lipinski definition) is 4. The molecule has 1 aliphatic rings. The molecule has 0 spiro atoms. The number of rotatable bonds is 3. The number of hydrogen-bond donors (Lipinski definition) is 2. The van der Waals surface area contributed by atoms with Gasteiger partial charge in [-0.3, -0.25) is 9.78 Å². The SMILES string of the molecule is CNC(=O)C1(C)CCN(c2cncc(NC)c2)C1. The fraction of sp³-hybridized carbons (Fsp3) is 0.538. The van der Waals surface area contributed by atoms with E-state index in [-0.39, 0.29) is 11.3 Å². The van der Waals surface area contributed by atoms with Gasteiger partial charge in [0, 0.05) is 27.2 Å². The Labute approximate surface area is 108 Å². The first-order chi connectivity index (χ1) is 8.59. The molecule has 1 aromatic heterocycles. The normalized spacial score (nSPS) is 22.9. The van der Waals surface area contributed by atoms with Crippen molar-refractivity contribution in [3.8, 4) is 0 Å². The predicted molar refractivity (Wildman–Crippen MR) is 72.8 cm³/mol. The predicted octanol–water partition coefficient (Wildman–Crippen LogP) is 1.09. The Bertz CT molecular complexity index is 448. The molecular formula is C13H20N4O. The number of nitrogens with zero attached hydrogens (tertiary/aromatic N) is 2. The second kappa shape index (κ2) is 4.84. The molecule has 2 N–H and O–H groups in total. The van der Waals surface area contributed by atoms with E-state index in [2.05, 4.69) is 26.6 Å². The van der Waals surface area contributed by atoms with Crippen LogP contribution in [0.2, 0.25) is 0 Å². The number of nitrogens with one attached hydrogen (secondary N) is 2. The average Bonchev–Trinajstić information content (AvgIpc) is 2.82. The summed E-state index contributed by atoms with van der Waals surface area (Å²) in [5.41, 5.74) is 1.75. The van der Waals surface area contributed by atoms with E-state index in [9.17, 15) is 4.79 Å². The van der Waals surface area contributed by atoms with Crippen LogP contribution in [0.15, 0.2) is 18.5 Å². The van der Waals surface area contributed by atoms with E-state index in [0.717, 1.165) is 30.9 Å². The highest BCUT2D eigenvalue weighted by atomic mass is 16.2. The maximum Gasteiger partial charge on any atom is 0.227 e. The van der Waals surface area contributed by atoms with Crippen LogP contribution in [0.4, 0.5) is 11.4 Å². The van der Waals surface area contributed by atoms with Gasteiger partial charge in [-0.05, 0) is 19.4 Å². The van der Waals surface area contributed by atoms with E-state index in [1.165, 1.54) is 0 Å². The summed E-state index contributed by atoms with van der Waals surface area (Å²) in [6.45, 7) is 3.64. The molecule has 1 fully saturated rings. The largest absolute Gasteiger partial charge is 0.387 e. The summed E-state index contributed by atoms with van der Waals surface area (Å²) in [6.07, 6.45) is 4.50. The quantitative estimate of drug-likeness (QED) is 0.840. The van der Waals surface area contributed by atoms with Crippen LogP contribution in [-0.2, 0) is 4.79 Å². The number of aromatic nitrogens is 1. The van der Waals surface area contributed by atoms with Gasteiger partial charge >= 0.3 is 0 Å². The summed E-state index contributed by atoms with van der Waals surface area (Å²) >= 11 is 0. The van der Waals surface area contributed by atoms with Crippen molar-refractivity contribution in [2.45, 2.75) is 13.3 Å². The molecule has 0 aromatic carbocycles. The number of amides is 1. The molecular weight excluding hydrogens is 228 g/mol. The van der Waals surface area contributed by atoms with E-state index < -0.39 is 0 Å². The molecule has 5 nitrogen and oxygen atoms in total. The molecule has 0 radical (unpaired) electrons. The molecule has 0 bridgehead atoms. The highest BCUT2D eigenvalue weighted by Gasteiger charge is 2.39. The van der Waals surface area contributed by atoms with Crippen LogP contribution in [0.25, 0.3) is 0 Å². The zero-order valence-electron chi connectivity index (χ0n) is 11.2. The molecule has 98 valence electrons. The first kappa shape index (κ1) is 12.7. The molecule has 1 aromatic rings. The van der Waals surface area contributed by atoms with Crippen LogP contribution in [0.5, 0.6) is 0 Å². The minimum absolute atomic E-state index is 0.114. The summed E-state index contributed by atoms with van der Waals surface area (Å²) in [4.78, 5) is 18.3. The minimum Gasteiger partial charge on any atom is -0.387 e. The van der Waals surface area contributed by atoms with Gasteiger partial charge in [-0.25, -0.2) is 0 Å². The Morgan fingerprint density at radius 3 is 2.89 bits per heavy atom. The van der Waals surface area contributed by atoms with Gasteiger partial charge in [0.15, 0.2) is 0 Å². The molecule has 1 aliphatic heterocycles. The lowest BCUT2D eigenvalue weighted by atomic mass is 9.89. The molecule has 1 saturated heterocycles. The van der Waals surface area contributed by atoms with E-state index in [1.54, 1.807) is 13.2 Å². The lowest BCUT2D eigenvalue weighted by molar-refractivity contribution is -0.128. The fourth-order valence-corrected chi connectivity index (χ4v) is 2.41. The Hall–Kier alpha value is -1.78. The summed E-state index contributed by atoms with van der Waals surface area (Å²) in [5, 5.41) is 5.83. The zero-order valence-corrected chi connectivity index (χ0v) is 11.2. The molecule has 2 heterocycles. The van der Waals surface area contributed by atoms with Gasteiger partial charge in [-0.2, -0.15) is 0 Å². The van der Waals surface area contributed by atoms with Crippen molar-refractivity contribution >= 4 is 17.3 Å². The number of pyridine rings is 1. The maximum atomic E-state index is 11.9. The number of carbonyl (C=O) groups is 1. The highest BCUT2D eigenvalue weighted by Crippen LogP contribution is 2.33. The molecule has 0 saturated carbocycles. The standard InChI is InChI=1S/C13H20N4O/c1-13(12(18)15-3)4-5-17(9-13)11-6-10(14-2)7-16-8-11/h6-8,14H,4-5,9H2,1-3H3,(H,15,18). The molecule has 1 amide bonds. The molecule has 18 heavy (non-hydrogen) atoms. The van der Waals surface area contributed by atoms with Crippen LogP contribution in [0.3, 0.4) is 0 Å². The van der Waals surface area contributed by atoms with Gasteiger partial charge in [0.25, 0.3) is 0 Å². The van der Waals surface area contributed by atoms with E-state index in [0.29, 0.717) is 0 Å². The van der Waals surface area contributed by atoms with Crippen molar-refractivity contribution in [3.05, 3.63) is 18.5 Å². The van der Waals surface area contributed by atoms with Crippen molar-refractivity contribution in [2.24, 2.45) is 5.41 Å². The monoisotopic (exact) mass is 248 g/mol. The summed E-state index contributed by atoms with van der Waals surface area (Å²) < 4.78 is 0. The second-order valence-corrected chi connectivity index (χ2v) is 4.99. The smallest absolute Gasteiger partial charge is 0.227 e. The first-order valence-electron chi connectivity index (χ1n) is 6.19. The third-order valence-electron chi connectivity index (χ3n) is 3.63. The lowest BCUT2D eigenvalue weighted by Gasteiger charge is -2.23. The lowest BCUT2D eigenvalue weighted by Crippen LogP contribution is -2.39. The van der Waals surface area contributed by atoms with Crippen molar-refractivity contribution in [1.29, 1.82) is 0 Å². The van der Waals surface area contributed by atoms with Crippen LogP contribution in [0, 0.1) is 5.41 Å². The van der Waals surface area contributed by atoms with Crippen LogP contribution >= 0.6 is 0 Å². The molecule has 1 atom stereocenters. The van der Waals surface area contributed by atoms with Gasteiger partial charge in [0.1, 0.15) is 0 Å². The second-order valence-electron chi connectivity index (χ2n) is 4.99. The Kier molecular flexibility index (Phi) is 3.41.